The van der Waals surface area contributed by atoms with E-state index in [0.29, 0.717) is 26.2 Å². The summed E-state index contributed by atoms with van der Waals surface area (Å²) in [4.78, 5) is 31.9. The van der Waals surface area contributed by atoms with Crippen molar-refractivity contribution in [2.45, 2.75) is 19.9 Å². The van der Waals surface area contributed by atoms with Crippen molar-refractivity contribution in [1.82, 2.24) is 4.57 Å². The molecule has 1 N–H and O–H groups in total. The molecule has 0 fully saturated rings. The summed E-state index contributed by atoms with van der Waals surface area (Å²) in [5, 5.41) is 11.6. The van der Waals surface area contributed by atoms with Crippen LogP contribution in [0.15, 0.2) is 62.8 Å². The second kappa shape index (κ2) is 7.81. The molecule has 8 heteroatoms. The number of hydrogen-bond acceptors (Lipinski definition) is 7. The van der Waals surface area contributed by atoms with E-state index in [1.807, 2.05) is 23.6 Å². The number of ether oxygens (including phenoxy) is 1. The summed E-state index contributed by atoms with van der Waals surface area (Å²) in [7, 11) is 0. The first kappa shape index (κ1) is 19.4. The Kier molecular flexibility index (Phi) is 5.21. The fraction of sp³-hybridized carbons (Fsp3) is 0.190. The lowest BCUT2D eigenvalue weighted by atomic mass is 10.0. The number of thiophene rings is 1. The Morgan fingerprint density at radius 2 is 2.17 bits per heavy atom. The summed E-state index contributed by atoms with van der Waals surface area (Å²) in [6.07, 6.45) is 1.72. The van der Waals surface area contributed by atoms with Crippen LogP contribution in [0.5, 0.6) is 5.75 Å². The normalized spacial score (nSPS) is 16.5. The monoisotopic (exact) mass is 426 g/mol. The minimum atomic E-state index is -0.573. The number of carbonyl (C=O) groups excluding carboxylic acids is 1. The van der Waals surface area contributed by atoms with Crippen molar-refractivity contribution >= 4 is 34.7 Å². The molecule has 3 heterocycles. The number of allylic oxidation sites excluding steroid dienone is 1. The molecule has 1 aliphatic heterocycles. The number of phenolic OH excluding ortho intramolecular Hbond substituents is 1. The van der Waals surface area contributed by atoms with Gasteiger partial charge in [0.25, 0.3) is 5.56 Å². The van der Waals surface area contributed by atoms with E-state index in [9.17, 15) is 14.7 Å². The van der Waals surface area contributed by atoms with Crippen LogP contribution in [-0.4, -0.2) is 22.2 Å². The molecule has 1 aliphatic rings. The van der Waals surface area contributed by atoms with Gasteiger partial charge >= 0.3 is 5.97 Å². The van der Waals surface area contributed by atoms with Gasteiger partial charge in [0.05, 0.1) is 22.4 Å². The molecule has 6 nitrogen and oxygen atoms in total. The third-order valence-corrected chi connectivity index (χ3v) is 6.41. The minimum Gasteiger partial charge on any atom is -0.508 e. The molecule has 148 valence electrons. The summed E-state index contributed by atoms with van der Waals surface area (Å²) in [5.74, 6) is -0.335. The molecular formula is C21H18N2O4S2. The zero-order valence-corrected chi connectivity index (χ0v) is 17.4. The second-order valence-corrected chi connectivity index (χ2v) is 8.40. The Bertz CT molecular complexity index is 1280. The van der Waals surface area contributed by atoms with E-state index < -0.39 is 12.0 Å². The molecule has 1 atom stereocenters. The largest absolute Gasteiger partial charge is 0.508 e. The lowest BCUT2D eigenvalue weighted by molar-refractivity contribution is -0.139. The Morgan fingerprint density at radius 3 is 2.86 bits per heavy atom. The van der Waals surface area contributed by atoms with Crippen molar-refractivity contribution in [3.05, 3.63) is 83.2 Å². The highest BCUT2D eigenvalue weighted by Crippen LogP contribution is 2.33. The molecule has 29 heavy (non-hydrogen) atoms. The van der Waals surface area contributed by atoms with Crippen LogP contribution < -0.4 is 14.9 Å². The Hall–Kier alpha value is -2.97. The third kappa shape index (κ3) is 3.56. The number of aromatic nitrogens is 1. The molecule has 0 unspecified atom stereocenters. The molecule has 0 radical (unpaired) electrons. The number of hydrogen-bond donors (Lipinski definition) is 1. The first-order chi connectivity index (χ1) is 14.0. The Balaban J connectivity index is 1.94. The van der Waals surface area contributed by atoms with Gasteiger partial charge in [-0.25, -0.2) is 9.79 Å². The summed E-state index contributed by atoms with van der Waals surface area (Å²) in [5.41, 5.74) is 1.41. The van der Waals surface area contributed by atoms with Gasteiger partial charge in [-0.1, -0.05) is 29.5 Å². The van der Waals surface area contributed by atoms with Crippen molar-refractivity contribution in [1.29, 1.82) is 0 Å². The number of aromatic hydroxyl groups is 1. The zero-order valence-electron chi connectivity index (χ0n) is 15.8. The van der Waals surface area contributed by atoms with E-state index in [2.05, 4.69) is 4.99 Å². The zero-order chi connectivity index (χ0) is 20.5. The molecule has 0 aliphatic carbocycles. The number of nitrogens with zero attached hydrogens (tertiary/aromatic N) is 2. The molecule has 0 amide bonds. The highest BCUT2D eigenvalue weighted by atomic mass is 32.1. The fourth-order valence-electron chi connectivity index (χ4n) is 3.27. The van der Waals surface area contributed by atoms with Crippen LogP contribution in [0, 0.1) is 0 Å². The van der Waals surface area contributed by atoms with Crippen LogP contribution in [0.2, 0.25) is 0 Å². The van der Waals surface area contributed by atoms with Gasteiger partial charge in [0.1, 0.15) is 11.8 Å². The molecule has 0 saturated carbocycles. The van der Waals surface area contributed by atoms with Crippen molar-refractivity contribution in [3.8, 4) is 5.75 Å². The molecule has 0 saturated heterocycles. The molecular weight excluding hydrogens is 408 g/mol. The SMILES string of the molecule is CCOC(=O)C1=C(C)N=c2sc(=Cc3cccc(O)c3)c(=O)n2[C@H]1c1cccs1. The Morgan fingerprint density at radius 1 is 1.34 bits per heavy atom. The molecule has 3 aromatic rings. The highest BCUT2D eigenvalue weighted by molar-refractivity contribution is 7.10. The summed E-state index contributed by atoms with van der Waals surface area (Å²) in [6.45, 7) is 3.76. The van der Waals surface area contributed by atoms with Gasteiger partial charge in [0.15, 0.2) is 4.80 Å². The number of esters is 1. The van der Waals surface area contributed by atoms with Gasteiger partial charge in [0, 0.05) is 4.88 Å². The van der Waals surface area contributed by atoms with E-state index in [-0.39, 0.29) is 17.9 Å². The molecule has 4 rings (SSSR count). The van der Waals surface area contributed by atoms with Crippen LogP contribution in [0.4, 0.5) is 0 Å². The number of benzene rings is 1. The van der Waals surface area contributed by atoms with Gasteiger partial charge in [-0.15, -0.1) is 11.3 Å². The van der Waals surface area contributed by atoms with E-state index in [1.54, 1.807) is 42.7 Å². The molecule has 0 spiro atoms. The minimum absolute atomic E-state index is 0.128. The smallest absolute Gasteiger partial charge is 0.338 e. The topological polar surface area (TPSA) is 80.9 Å². The van der Waals surface area contributed by atoms with Gasteiger partial charge in [0.2, 0.25) is 0 Å². The standard InChI is InChI=1S/C21H18N2O4S2/c1-3-27-20(26)17-12(2)22-21-23(18(17)15-8-5-9-28-15)19(25)16(29-21)11-13-6-4-7-14(24)10-13/h4-11,18,24H,3H2,1-2H3/t18-/m0/s1. The van der Waals surface area contributed by atoms with Gasteiger partial charge in [-0.05, 0) is 49.1 Å². The lowest BCUT2D eigenvalue weighted by Crippen LogP contribution is -2.39. The average Bonchev–Trinajstić information content (AvgIpc) is 3.30. The molecule has 1 aromatic carbocycles. The third-order valence-electron chi connectivity index (χ3n) is 4.50. The number of phenols is 1. The van der Waals surface area contributed by atoms with Gasteiger partial charge in [-0.3, -0.25) is 9.36 Å². The first-order valence-electron chi connectivity index (χ1n) is 9.01. The number of thiazole rings is 1. The molecule has 0 bridgehead atoms. The number of rotatable bonds is 4. The summed E-state index contributed by atoms with van der Waals surface area (Å²) in [6, 6.07) is 9.91. The summed E-state index contributed by atoms with van der Waals surface area (Å²) >= 11 is 2.74. The number of fused-ring (bicyclic) bond motifs is 1. The van der Waals surface area contributed by atoms with E-state index >= 15 is 0 Å². The van der Waals surface area contributed by atoms with Crippen LogP contribution in [0.3, 0.4) is 0 Å². The van der Waals surface area contributed by atoms with Gasteiger partial charge < -0.3 is 9.84 Å². The second-order valence-electron chi connectivity index (χ2n) is 6.41. The maximum Gasteiger partial charge on any atom is 0.338 e. The van der Waals surface area contributed by atoms with Crippen molar-refractivity contribution in [3.63, 3.8) is 0 Å². The van der Waals surface area contributed by atoms with Crippen molar-refractivity contribution in [2.75, 3.05) is 6.61 Å². The van der Waals surface area contributed by atoms with Crippen LogP contribution in [-0.2, 0) is 9.53 Å². The average molecular weight is 427 g/mol. The van der Waals surface area contributed by atoms with E-state index in [0.717, 1.165) is 4.88 Å². The maximum absolute atomic E-state index is 13.3. The maximum atomic E-state index is 13.3. The first-order valence-corrected chi connectivity index (χ1v) is 10.7. The predicted octanol–water partition coefficient (Wildman–Crippen LogP) is 2.57. The van der Waals surface area contributed by atoms with Crippen LogP contribution >= 0.6 is 22.7 Å². The lowest BCUT2D eigenvalue weighted by Gasteiger charge is -2.23. The quantitative estimate of drug-likeness (QED) is 0.650. The highest BCUT2D eigenvalue weighted by Gasteiger charge is 2.33. The predicted molar refractivity (Wildman–Crippen MR) is 113 cm³/mol. The summed E-state index contributed by atoms with van der Waals surface area (Å²) < 4.78 is 7.29. The van der Waals surface area contributed by atoms with E-state index in [4.69, 9.17) is 4.74 Å². The molecule has 2 aromatic heterocycles. The van der Waals surface area contributed by atoms with Crippen LogP contribution in [0.1, 0.15) is 30.3 Å². The Labute approximate surface area is 174 Å². The van der Waals surface area contributed by atoms with E-state index in [1.165, 1.54) is 22.7 Å². The van der Waals surface area contributed by atoms with Crippen molar-refractivity contribution < 1.29 is 14.6 Å². The fourth-order valence-corrected chi connectivity index (χ4v) is 5.14. The van der Waals surface area contributed by atoms with Crippen LogP contribution in [0.25, 0.3) is 6.08 Å². The van der Waals surface area contributed by atoms with Gasteiger partial charge in [-0.2, -0.15) is 0 Å². The number of carbonyl (C=O) groups is 1. The van der Waals surface area contributed by atoms with Crippen molar-refractivity contribution in [2.24, 2.45) is 4.99 Å².